The largest absolute Gasteiger partial charge is 0.436 e. The van der Waals surface area contributed by atoms with Gasteiger partial charge < -0.3 is 4.74 Å². The minimum atomic E-state index is -0.641. The highest BCUT2D eigenvalue weighted by atomic mass is 19.1. The van der Waals surface area contributed by atoms with Crippen molar-refractivity contribution in [3.63, 3.8) is 0 Å². The molecule has 0 unspecified atom stereocenters. The summed E-state index contributed by atoms with van der Waals surface area (Å²) in [7, 11) is 0. The third-order valence-electron chi connectivity index (χ3n) is 2.24. The summed E-state index contributed by atoms with van der Waals surface area (Å²) in [5, 5.41) is 8.65. The van der Waals surface area contributed by atoms with Gasteiger partial charge in [-0.05, 0) is 25.1 Å². The summed E-state index contributed by atoms with van der Waals surface area (Å²) < 4.78 is 18.9. The fourth-order valence-corrected chi connectivity index (χ4v) is 1.42. The number of anilines is 1. The summed E-state index contributed by atoms with van der Waals surface area (Å²) in [5.74, 6) is 4.87. The van der Waals surface area contributed by atoms with Gasteiger partial charge in [0.25, 0.3) is 0 Å². The topological polar surface area (TPSA) is 96.8 Å². The first kappa shape index (κ1) is 12.7. The van der Waals surface area contributed by atoms with E-state index in [0.717, 1.165) is 6.07 Å². The Morgan fingerprint density at radius 1 is 1.37 bits per heavy atom. The number of hydrazine groups is 1. The normalized spacial score (nSPS) is 9.79. The molecule has 0 saturated carbocycles. The number of nitrogens with two attached hydrogens (primary N) is 1. The Balaban J connectivity index is 2.31. The van der Waals surface area contributed by atoms with Crippen LogP contribution >= 0.6 is 0 Å². The van der Waals surface area contributed by atoms with Crippen molar-refractivity contribution in [3.05, 3.63) is 41.3 Å². The van der Waals surface area contributed by atoms with Crippen molar-refractivity contribution in [1.29, 1.82) is 5.26 Å². The molecular formula is C12H10FN5O. The molecule has 19 heavy (non-hydrogen) atoms. The Hall–Kier alpha value is -2.72. The van der Waals surface area contributed by atoms with E-state index in [1.54, 1.807) is 13.0 Å². The lowest BCUT2D eigenvalue weighted by molar-refractivity contribution is 0.426. The zero-order valence-electron chi connectivity index (χ0n) is 10.0. The number of hydrogen-bond donors (Lipinski definition) is 2. The number of ether oxygens (including phenoxy) is 1. The summed E-state index contributed by atoms with van der Waals surface area (Å²) >= 11 is 0. The third kappa shape index (κ3) is 2.94. The van der Waals surface area contributed by atoms with Crippen LogP contribution < -0.4 is 16.0 Å². The van der Waals surface area contributed by atoms with Gasteiger partial charge in [0, 0.05) is 11.8 Å². The first-order chi connectivity index (χ1) is 9.12. The number of rotatable bonds is 3. The number of nitrogens with zero attached hydrogens (tertiary/aromatic N) is 3. The van der Waals surface area contributed by atoms with Gasteiger partial charge in [-0.15, -0.1) is 0 Å². The van der Waals surface area contributed by atoms with Gasteiger partial charge in [-0.25, -0.2) is 15.2 Å². The van der Waals surface area contributed by atoms with Gasteiger partial charge in [-0.2, -0.15) is 10.2 Å². The van der Waals surface area contributed by atoms with Crippen molar-refractivity contribution >= 4 is 5.95 Å². The summed E-state index contributed by atoms with van der Waals surface area (Å²) in [6, 6.07) is 7.28. The Labute approximate surface area is 108 Å². The summed E-state index contributed by atoms with van der Waals surface area (Å²) in [6.07, 6.45) is 0. The second-order valence-electron chi connectivity index (χ2n) is 3.67. The maximum absolute atomic E-state index is 13.6. The number of halogens is 1. The van der Waals surface area contributed by atoms with E-state index < -0.39 is 5.82 Å². The van der Waals surface area contributed by atoms with Gasteiger partial charge in [0.1, 0.15) is 0 Å². The SMILES string of the molecule is Cc1cc(Oc2ccc(C#N)cc2F)nc(NN)n1. The van der Waals surface area contributed by atoms with Crippen molar-refractivity contribution < 1.29 is 9.13 Å². The van der Waals surface area contributed by atoms with Gasteiger partial charge in [0.2, 0.25) is 11.8 Å². The molecule has 1 aromatic carbocycles. The van der Waals surface area contributed by atoms with Crippen LogP contribution in [0.15, 0.2) is 24.3 Å². The van der Waals surface area contributed by atoms with Crippen molar-refractivity contribution in [2.45, 2.75) is 6.92 Å². The van der Waals surface area contributed by atoms with Crippen molar-refractivity contribution in [1.82, 2.24) is 9.97 Å². The smallest absolute Gasteiger partial charge is 0.240 e. The van der Waals surface area contributed by atoms with Gasteiger partial charge in [0.05, 0.1) is 11.6 Å². The minimum absolute atomic E-state index is 0.0277. The zero-order valence-corrected chi connectivity index (χ0v) is 10.0. The molecule has 1 aromatic heterocycles. The van der Waals surface area contributed by atoms with Crippen molar-refractivity contribution in [2.24, 2.45) is 5.84 Å². The van der Waals surface area contributed by atoms with Crippen LogP contribution in [0.3, 0.4) is 0 Å². The number of aromatic nitrogens is 2. The van der Waals surface area contributed by atoms with E-state index in [4.69, 9.17) is 15.8 Å². The predicted molar refractivity (Wildman–Crippen MR) is 65.8 cm³/mol. The molecule has 0 amide bonds. The Morgan fingerprint density at radius 2 is 2.16 bits per heavy atom. The van der Waals surface area contributed by atoms with Crippen LogP contribution in [0.1, 0.15) is 11.3 Å². The van der Waals surface area contributed by atoms with Gasteiger partial charge in [-0.1, -0.05) is 0 Å². The van der Waals surface area contributed by atoms with E-state index >= 15 is 0 Å². The zero-order chi connectivity index (χ0) is 13.8. The van der Waals surface area contributed by atoms with E-state index in [1.165, 1.54) is 12.1 Å². The maximum atomic E-state index is 13.6. The summed E-state index contributed by atoms with van der Waals surface area (Å²) in [5.41, 5.74) is 3.12. The van der Waals surface area contributed by atoms with E-state index in [0.29, 0.717) is 5.69 Å². The maximum Gasteiger partial charge on any atom is 0.240 e. The molecule has 2 rings (SSSR count). The summed E-state index contributed by atoms with van der Waals surface area (Å²) in [6.45, 7) is 1.73. The molecule has 2 aromatic rings. The minimum Gasteiger partial charge on any atom is -0.436 e. The molecule has 0 fully saturated rings. The highest BCUT2D eigenvalue weighted by Gasteiger charge is 2.08. The second-order valence-corrected chi connectivity index (χ2v) is 3.67. The molecule has 0 aliphatic rings. The summed E-state index contributed by atoms with van der Waals surface area (Å²) in [4.78, 5) is 7.91. The fraction of sp³-hybridized carbons (Fsp3) is 0.0833. The van der Waals surface area contributed by atoms with E-state index in [2.05, 4.69) is 15.4 Å². The molecule has 0 bridgehead atoms. The number of benzene rings is 1. The molecule has 7 heteroatoms. The third-order valence-corrected chi connectivity index (χ3v) is 2.24. The average molecular weight is 259 g/mol. The lowest BCUT2D eigenvalue weighted by atomic mass is 10.2. The quantitative estimate of drug-likeness (QED) is 0.645. The first-order valence-corrected chi connectivity index (χ1v) is 5.32. The average Bonchev–Trinajstić information content (AvgIpc) is 2.40. The second kappa shape index (κ2) is 5.29. The monoisotopic (exact) mass is 259 g/mol. The molecule has 0 saturated heterocycles. The molecule has 0 spiro atoms. The van der Waals surface area contributed by atoms with Crippen molar-refractivity contribution in [3.8, 4) is 17.7 Å². The van der Waals surface area contributed by atoms with Gasteiger partial charge in [-0.3, -0.25) is 5.43 Å². The number of nitrogens with one attached hydrogen (secondary N) is 1. The van der Waals surface area contributed by atoms with E-state index in [9.17, 15) is 4.39 Å². The molecular weight excluding hydrogens is 249 g/mol. The van der Waals surface area contributed by atoms with Gasteiger partial charge >= 0.3 is 0 Å². The first-order valence-electron chi connectivity index (χ1n) is 5.32. The Kier molecular flexibility index (Phi) is 3.54. The predicted octanol–water partition coefficient (Wildman–Crippen LogP) is 1.87. The lowest BCUT2D eigenvalue weighted by Gasteiger charge is -2.08. The molecule has 1 heterocycles. The van der Waals surface area contributed by atoms with Crippen LogP contribution in [0.25, 0.3) is 0 Å². The molecule has 0 radical (unpaired) electrons. The highest BCUT2D eigenvalue weighted by Crippen LogP contribution is 2.24. The molecule has 96 valence electrons. The number of nitriles is 1. The molecule has 0 aliphatic carbocycles. The van der Waals surface area contributed by atoms with Crippen molar-refractivity contribution in [2.75, 3.05) is 5.43 Å². The molecule has 0 aliphatic heterocycles. The van der Waals surface area contributed by atoms with Crippen LogP contribution in [0.5, 0.6) is 11.6 Å². The Bertz CT molecular complexity index is 653. The molecule has 3 N–H and O–H groups in total. The number of aryl methyl sites for hydroxylation is 1. The number of hydrogen-bond acceptors (Lipinski definition) is 6. The molecule has 6 nitrogen and oxygen atoms in total. The van der Waals surface area contributed by atoms with Crippen LogP contribution in [-0.2, 0) is 0 Å². The number of nitrogen functional groups attached to an aromatic ring is 1. The standard InChI is InChI=1S/C12H10FN5O/c1-7-4-11(17-12(16-7)18-15)19-10-3-2-8(6-14)5-9(10)13/h2-5H,15H2,1H3,(H,16,17,18). The van der Waals surface area contributed by atoms with Gasteiger partial charge in [0.15, 0.2) is 11.6 Å². The Morgan fingerprint density at radius 3 is 2.79 bits per heavy atom. The lowest BCUT2D eigenvalue weighted by Crippen LogP contribution is -2.11. The van der Waals surface area contributed by atoms with Crippen LogP contribution in [0.4, 0.5) is 10.3 Å². The van der Waals surface area contributed by atoms with Crippen LogP contribution in [-0.4, -0.2) is 9.97 Å². The molecule has 0 atom stereocenters. The van der Waals surface area contributed by atoms with E-state index in [-0.39, 0.29) is 23.1 Å². The van der Waals surface area contributed by atoms with Crippen LogP contribution in [0.2, 0.25) is 0 Å². The highest BCUT2D eigenvalue weighted by molar-refractivity contribution is 5.38. The fourth-order valence-electron chi connectivity index (χ4n) is 1.42. The van der Waals surface area contributed by atoms with Crippen LogP contribution in [0, 0.1) is 24.1 Å². The van der Waals surface area contributed by atoms with E-state index in [1.807, 2.05) is 6.07 Å².